The molecule has 0 aliphatic rings. The predicted molar refractivity (Wildman–Crippen MR) is 93.4 cm³/mol. The number of aryl methyl sites for hydroxylation is 1. The molecule has 0 saturated carbocycles. The maximum Gasteiger partial charge on any atom is 0.0961 e. The Kier molecular flexibility index (Phi) is 5.94. The fourth-order valence-electron chi connectivity index (χ4n) is 2.02. The van der Waals surface area contributed by atoms with Crippen LogP contribution in [0, 0.1) is 6.92 Å². The lowest BCUT2D eigenvalue weighted by atomic mass is 10.0. The third-order valence-electron chi connectivity index (χ3n) is 3.05. The third-order valence-corrected chi connectivity index (χ3v) is 5.98. The molecule has 1 atom stereocenters. The van der Waals surface area contributed by atoms with Crippen molar-refractivity contribution in [3.8, 4) is 0 Å². The van der Waals surface area contributed by atoms with E-state index in [2.05, 4.69) is 40.3 Å². The van der Waals surface area contributed by atoms with E-state index in [1.54, 1.807) is 11.3 Å². The molecule has 0 aliphatic heterocycles. The number of thiophene rings is 1. The second kappa shape index (κ2) is 7.28. The van der Waals surface area contributed by atoms with Gasteiger partial charge >= 0.3 is 0 Å². The number of halogens is 3. The molecule has 5 heteroatoms. The second-order valence-corrected chi connectivity index (χ2v) is 7.55. The van der Waals surface area contributed by atoms with Crippen molar-refractivity contribution in [1.82, 2.24) is 5.32 Å². The van der Waals surface area contributed by atoms with E-state index in [0.717, 1.165) is 37.9 Å². The Morgan fingerprint density at radius 2 is 2.10 bits per heavy atom. The molecule has 0 aliphatic carbocycles. The van der Waals surface area contributed by atoms with Crippen LogP contribution in [0.15, 0.2) is 28.7 Å². The number of hydrogen-bond acceptors (Lipinski definition) is 2. The summed E-state index contributed by atoms with van der Waals surface area (Å²) in [6.45, 7) is 5.11. The molecule has 20 heavy (non-hydrogen) atoms. The van der Waals surface area contributed by atoms with E-state index < -0.39 is 0 Å². The van der Waals surface area contributed by atoms with Gasteiger partial charge < -0.3 is 5.32 Å². The standard InChI is InChI=1S/C15H16BrCl2NS/c1-3-7-19-14(12-8-9(2)15(18)20-12)10-5-4-6-11(16)13(10)17/h4-6,8,14,19H,3,7H2,1-2H3. The van der Waals surface area contributed by atoms with Crippen LogP contribution < -0.4 is 5.32 Å². The van der Waals surface area contributed by atoms with Crippen LogP contribution in [0.3, 0.4) is 0 Å². The van der Waals surface area contributed by atoms with Gasteiger partial charge in [-0.05, 0) is 59.1 Å². The van der Waals surface area contributed by atoms with E-state index in [1.807, 2.05) is 19.1 Å². The van der Waals surface area contributed by atoms with Crippen LogP contribution in [0.1, 0.15) is 35.4 Å². The molecular weight excluding hydrogens is 377 g/mol. The summed E-state index contributed by atoms with van der Waals surface area (Å²) in [5, 5.41) is 4.31. The minimum Gasteiger partial charge on any atom is -0.306 e. The fourth-order valence-corrected chi connectivity index (χ4v) is 3.95. The first-order chi connectivity index (χ1) is 9.54. The molecule has 1 heterocycles. The first-order valence-corrected chi connectivity index (χ1v) is 8.84. The van der Waals surface area contributed by atoms with E-state index >= 15 is 0 Å². The van der Waals surface area contributed by atoms with E-state index in [0.29, 0.717) is 0 Å². The zero-order valence-electron chi connectivity index (χ0n) is 11.3. The van der Waals surface area contributed by atoms with Gasteiger partial charge in [-0.1, -0.05) is 42.3 Å². The molecule has 2 rings (SSSR count). The van der Waals surface area contributed by atoms with Gasteiger partial charge in [0.25, 0.3) is 0 Å². The van der Waals surface area contributed by atoms with Crippen molar-refractivity contribution in [3.63, 3.8) is 0 Å². The summed E-state index contributed by atoms with van der Waals surface area (Å²) < 4.78 is 1.76. The highest BCUT2D eigenvalue weighted by atomic mass is 79.9. The maximum absolute atomic E-state index is 6.45. The van der Waals surface area contributed by atoms with Crippen LogP contribution in [0.2, 0.25) is 9.36 Å². The Hall–Kier alpha value is -0.0600. The van der Waals surface area contributed by atoms with Crippen LogP contribution in [0.5, 0.6) is 0 Å². The fraction of sp³-hybridized carbons (Fsp3) is 0.333. The van der Waals surface area contributed by atoms with Gasteiger partial charge in [0.2, 0.25) is 0 Å². The second-order valence-electron chi connectivity index (χ2n) is 4.64. The smallest absolute Gasteiger partial charge is 0.0961 e. The summed E-state index contributed by atoms with van der Waals surface area (Å²) in [5.74, 6) is 0. The highest BCUT2D eigenvalue weighted by molar-refractivity contribution is 9.10. The van der Waals surface area contributed by atoms with Crippen LogP contribution in [-0.2, 0) is 0 Å². The normalized spacial score (nSPS) is 12.7. The summed E-state index contributed by atoms with van der Waals surface area (Å²) >= 11 is 17.8. The lowest BCUT2D eigenvalue weighted by Gasteiger charge is -2.19. The Morgan fingerprint density at radius 1 is 1.35 bits per heavy atom. The molecule has 0 bridgehead atoms. The van der Waals surface area contributed by atoms with Crippen molar-refractivity contribution >= 4 is 50.5 Å². The molecule has 0 saturated heterocycles. The predicted octanol–water partition coefficient (Wildman–Crippen LogP) is 6.21. The van der Waals surface area contributed by atoms with Crippen LogP contribution in [0.4, 0.5) is 0 Å². The third kappa shape index (κ3) is 3.58. The number of benzene rings is 1. The molecule has 0 spiro atoms. The molecule has 1 nitrogen and oxygen atoms in total. The summed E-state index contributed by atoms with van der Waals surface area (Å²) in [5.41, 5.74) is 2.19. The van der Waals surface area contributed by atoms with Gasteiger partial charge in [0.1, 0.15) is 0 Å². The maximum atomic E-state index is 6.45. The van der Waals surface area contributed by atoms with Crippen molar-refractivity contribution in [3.05, 3.63) is 54.1 Å². The lowest BCUT2D eigenvalue weighted by Crippen LogP contribution is -2.22. The number of rotatable bonds is 5. The van der Waals surface area contributed by atoms with E-state index in [4.69, 9.17) is 23.2 Å². The van der Waals surface area contributed by atoms with Gasteiger partial charge in [-0.15, -0.1) is 11.3 Å². The first kappa shape index (κ1) is 16.3. The van der Waals surface area contributed by atoms with Crippen molar-refractivity contribution in [2.75, 3.05) is 6.54 Å². The summed E-state index contributed by atoms with van der Waals surface area (Å²) in [7, 11) is 0. The Bertz CT molecular complexity index is 578. The van der Waals surface area contributed by atoms with Crippen molar-refractivity contribution in [2.45, 2.75) is 26.3 Å². The van der Waals surface area contributed by atoms with E-state index in [9.17, 15) is 0 Å². The van der Waals surface area contributed by atoms with Crippen molar-refractivity contribution in [1.29, 1.82) is 0 Å². The highest BCUT2D eigenvalue weighted by Gasteiger charge is 2.20. The molecule has 0 radical (unpaired) electrons. The van der Waals surface area contributed by atoms with Gasteiger partial charge in [0.05, 0.1) is 15.4 Å². The van der Waals surface area contributed by atoms with E-state index in [-0.39, 0.29) is 6.04 Å². The average molecular weight is 393 g/mol. The zero-order chi connectivity index (χ0) is 14.7. The Morgan fingerprint density at radius 3 is 2.70 bits per heavy atom. The number of hydrogen-bond donors (Lipinski definition) is 1. The Balaban J connectivity index is 2.44. The van der Waals surface area contributed by atoms with Gasteiger partial charge in [0.15, 0.2) is 0 Å². The van der Waals surface area contributed by atoms with Crippen LogP contribution in [0.25, 0.3) is 0 Å². The SMILES string of the molecule is CCCNC(c1cc(C)c(Cl)s1)c1cccc(Br)c1Cl. The van der Waals surface area contributed by atoms with E-state index in [1.165, 1.54) is 4.88 Å². The van der Waals surface area contributed by atoms with Crippen LogP contribution >= 0.6 is 50.5 Å². The molecule has 1 unspecified atom stereocenters. The largest absolute Gasteiger partial charge is 0.306 e. The van der Waals surface area contributed by atoms with Crippen molar-refractivity contribution in [2.24, 2.45) is 0 Å². The highest BCUT2D eigenvalue weighted by Crippen LogP contribution is 2.38. The van der Waals surface area contributed by atoms with Gasteiger partial charge in [-0.3, -0.25) is 0 Å². The average Bonchev–Trinajstić information content (AvgIpc) is 2.74. The van der Waals surface area contributed by atoms with Gasteiger partial charge in [-0.2, -0.15) is 0 Å². The molecule has 1 aromatic carbocycles. The monoisotopic (exact) mass is 391 g/mol. The minimum atomic E-state index is 0.0798. The number of nitrogens with one attached hydrogen (secondary N) is 1. The molecule has 0 fully saturated rings. The molecule has 0 amide bonds. The molecule has 1 aromatic heterocycles. The van der Waals surface area contributed by atoms with Gasteiger partial charge in [0, 0.05) is 9.35 Å². The van der Waals surface area contributed by atoms with Crippen LogP contribution in [-0.4, -0.2) is 6.54 Å². The van der Waals surface area contributed by atoms with Crippen molar-refractivity contribution < 1.29 is 0 Å². The lowest BCUT2D eigenvalue weighted by molar-refractivity contribution is 0.605. The Labute approximate surface area is 142 Å². The summed E-state index contributed by atoms with van der Waals surface area (Å²) in [4.78, 5) is 1.20. The van der Waals surface area contributed by atoms with Gasteiger partial charge in [-0.25, -0.2) is 0 Å². The molecule has 108 valence electrons. The summed E-state index contributed by atoms with van der Waals surface area (Å²) in [6, 6.07) is 8.24. The quantitative estimate of drug-likeness (QED) is 0.637. The molecule has 1 N–H and O–H groups in total. The molecular formula is C15H16BrCl2NS. The minimum absolute atomic E-state index is 0.0798. The zero-order valence-corrected chi connectivity index (χ0v) is 15.3. The topological polar surface area (TPSA) is 12.0 Å². The summed E-state index contributed by atoms with van der Waals surface area (Å²) in [6.07, 6.45) is 1.07. The molecule has 2 aromatic rings. The first-order valence-electron chi connectivity index (χ1n) is 6.47.